The molecule has 1 saturated carbocycles. The lowest BCUT2D eigenvalue weighted by Gasteiger charge is -2.26. The third-order valence-corrected chi connectivity index (χ3v) is 6.25. The minimum absolute atomic E-state index is 0.0331. The molecule has 1 aliphatic carbocycles. The van der Waals surface area contributed by atoms with Gasteiger partial charge in [0.15, 0.2) is 15.6 Å². The Morgan fingerprint density at radius 1 is 1.29 bits per heavy atom. The Kier molecular flexibility index (Phi) is 4.13. The molecule has 0 radical (unpaired) electrons. The number of benzene rings is 1. The molecule has 0 aromatic heterocycles. The van der Waals surface area contributed by atoms with Crippen molar-refractivity contribution in [2.24, 2.45) is 0 Å². The maximum Gasteiger partial charge on any atom is 0.164 e. The molecule has 0 spiro atoms. The third kappa shape index (κ3) is 3.52. The molecule has 2 fully saturated rings. The standard InChI is InChI=1S/C16H21NO3S/c18-16(10-15-11-21(19,20)8-7-17-15)14-6-2-5-13(9-14)12-3-1-4-12/h2,5-6,9,12,15,17H,1,3-4,7-8,10-11H2. The first kappa shape index (κ1) is 14.7. The summed E-state index contributed by atoms with van der Waals surface area (Å²) in [4.78, 5) is 12.4. The molecule has 2 aliphatic rings. The molecule has 1 unspecified atom stereocenters. The lowest BCUT2D eigenvalue weighted by atomic mass is 9.79. The van der Waals surface area contributed by atoms with Crippen LogP contribution in [0.2, 0.25) is 0 Å². The van der Waals surface area contributed by atoms with Crippen LogP contribution in [0.5, 0.6) is 0 Å². The Bertz CT molecular complexity index is 635. The maximum absolute atomic E-state index is 12.4. The van der Waals surface area contributed by atoms with Gasteiger partial charge < -0.3 is 5.32 Å². The Balaban J connectivity index is 1.67. The van der Waals surface area contributed by atoms with Gasteiger partial charge in [-0.25, -0.2) is 8.42 Å². The van der Waals surface area contributed by atoms with Gasteiger partial charge in [0.05, 0.1) is 11.5 Å². The summed E-state index contributed by atoms with van der Waals surface area (Å²) in [5, 5.41) is 3.14. The van der Waals surface area contributed by atoms with E-state index in [0.29, 0.717) is 18.0 Å². The zero-order valence-corrected chi connectivity index (χ0v) is 12.9. The highest BCUT2D eigenvalue weighted by atomic mass is 32.2. The average molecular weight is 307 g/mol. The Labute approximate surface area is 125 Å². The van der Waals surface area contributed by atoms with E-state index in [4.69, 9.17) is 0 Å². The second kappa shape index (κ2) is 5.89. The lowest BCUT2D eigenvalue weighted by Crippen LogP contribution is -2.46. The number of nitrogens with one attached hydrogen (secondary N) is 1. The maximum atomic E-state index is 12.4. The Morgan fingerprint density at radius 2 is 2.10 bits per heavy atom. The smallest absolute Gasteiger partial charge is 0.164 e. The summed E-state index contributed by atoms with van der Waals surface area (Å²) in [7, 11) is -2.99. The topological polar surface area (TPSA) is 63.2 Å². The minimum atomic E-state index is -2.99. The van der Waals surface area contributed by atoms with Crippen LogP contribution in [0.15, 0.2) is 24.3 Å². The monoisotopic (exact) mass is 307 g/mol. The summed E-state index contributed by atoms with van der Waals surface area (Å²) >= 11 is 0. The SMILES string of the molecule is O=C(CC1CS(=O)(=O)CCN1)c1cccc(C2CCC2)c1. The van der Waals surface area contributed by atoms with Gasteiger partial charge in [-0.3, -0.25) is 4.79 Å². The molecule has 4 nitrogen and oxygen atoms in total. The van der Waals surface area contributed by atoms with Crippen molar-refractivity contribution in [2.75, 3.05) is 18.1 Å². The van der Waals surface area contributed by atoms with Crippen molar-refractivity contribution in [3.8, 4) is 0 Å². The van der Waals surface area contributed by atoms with Crippen molar-refractivity contribution in [1.29, 1.82) is 0 Å². The summed E-state index contributed by atoms with van der Waals surface area (Å²) in [6.45, 7) is 0.447. The molecule has 1 saturated heterocycles. The number of hydrogen-bond donors (Lipinski definition) is 1. The number of carbonyl (C=O) groups excluding carboxylic acids is 1. The van der Waals surface area contributed by atoms with Gasteiger partial charge in [-0.15, -0.1) is 0 Å². The number of carbonyl (C=O) groups is 1. The fourth-order valence-electron chi connectivity index (χ4n) is 3.05. The molecular weight excluding hydrogens is 286 g/mol. The van der Waals surface area contributed by atoms with E-state index < -0.39 is 9.84 Å². The number of rotatable bonds is 4. The van der Waals surface area contributed by atoms with Gasteiger partial charge in [0.25, 0.3) is 0 Å². The molecule has 1 atom stereocenters. The van der Waals surface area contributed by atoms with Crippen LogP contribution in [0.4, 0.5) is 0 Å². The zero-order valence-electron chi connectivity index (χ0n) is 12.0. The molecule has 114 valence electrons. The van der Waals surface area contributed by atoms with E-state index in [1.54, 1.807) is 0 Å². The van der Waals surface area contributed by atoms with Crippen LogP contribution in [0, 0.1) is 0 Å². The number of hydrogen-bond acceptors (Lipinski definition) is 4. The fraction of sp³-hybridized carbons (Fsp3) is 0.562. The molecule has 21 heavy (non-hydrogen) atoms. The zero-order chi connectivity index (χ0) is 14.9. The van der Waals surface area contributed by atoms with Crippen molar-refractivity contribution >= 4 is 15.6 Å². The summed E-state index contributed by atoms with van der Waals surface area (Å²) in [6.07, 6.45) is 3.94. The quantitative estimate of drug-likeness (QED) is 0.863. The van der Waals surface area contributed by atoms with Crippen LogP contribution in [-0.4, -0.2) is 38.3 Å². The second-order valence-corrected chi connectivity index (χ2v) is 8.37. The van der Waals surface area contributed by atoms with Crippen LogP contribution < -0.4 is 5.32 Å². The van der Waals surface area contributed by atoms with Crippen molar-refractivity contribution in [3.05, 3.63) is 35.4 Å². The van der Waals surface area contributed by atoms with Crippen LogP contribution >= 0.6 is 0 Å². The van der Waals surface area contributed by atoms with Gasteiger partial charge in [0.2, 0.25) is 0 Å². The fourth-order valence-corrected chi connectivity index (χ4v) is 4.49. The minimum Gasteiger partial charge on any atom is -0.312 e. The van der Waals surface area contributed by atoms with Crippen molar-refractivity contribution in [2.45, 2.75) is 37.6 Å². The lowest BCUT2D eigenvalue weighted by molar-refractivity contribution is 0.0971. The summed E-state index contributed by atoms with van der Waals surface area (Å²) in [5.41, 5.74) is 1.96. The molecule has 1 aromatic carbocycles. The number of sulfone groups is 1. The van der Waals surface area contributed by atoms with Crippen LogP contribution in [0.25, 0.3) is 0 Å². The van der Waals surface area contributed by atoms with E-state index in [2.05, 4.69) is 11.4 Å². The van der Waals surface area contributed by atoms with Crippen LogP contribution in [0.1, 0.15) is 47.5 Å². The molecule has 0 bridgehead atoms. The average Bonchev–Trinajstić information content (AvgIpc) is 2.36. The van der Waals surface area contributed by atoms with E-state index in [1.807, 2.05) is 18.2 Å². The van der Waals surface area contributed by atoms with Gasteiger partial charge in [0, 0.05) is 24.6 Å². The normalized spacial score (nSPS) is 25.2. The molecule has 1 N–H and O–H groups in total. The third-order valence-electron chi connectivity index (χ3n) is 4.52. The Morgan fingerprint density at radius 3 is 2.76 bits per heavy atom. The molecule has 5 heteroatoms. The predicted octanol–water partition coefficient (Wildman–Crippen LogP) is 1.91. The highest BCUT2D eigenvalue weighted by Gasteiger charge is 2.26. The molecule has 1 aromatic rings. The molecule has 1 heterocycles. The second-order valence-electron chi connectivity index (χ2n) is 6.15. The summed E-state index contributed by atoms with van der Waals surface area (Å²) < 4.78 is 23.2. The van der Waals surface area contributed by atoms with Crippen LogP contribution in [0.3, 0.4) is 0 Å². The first-order valence-electron chi connectivity index (χ1n) is 7.60. The Hall–Kier alpha value is -1.20. The highest BCUT2D eigenvalue weighted by molar-refractivity contribution is 7.91. The van der Waals surface area contributed by atoms with E-state index in [0.717, 1.165) is 0 Å². The highest BCUT2D eigenvalue weighted by Crippen LogP contribution is 2.36. The van der Waals surface area contributed by atoms with Gasteiger partial charge in [-0.2, -0.15) is 0 Å². The summed E-state index contributed by atoms with van der Waals surface area (Å²) in [6, 6.07) is 7.60. The molecule has 3 rings (SSSR count). The van der Waals surface area contributed by atoms with E-state index >= 15 is 0 Å². The van der Waals surface area contributed by atoms with Crippen molar-refractivity contribution < 1.29 is 13.2 Å². The van der Waals surface area contributed by atoms with Crippen molar-refractivity contribution in [3.63, 3.8) is 0 Å². The van der Waals surface area contributed by atoms with Gasteiger partial charge in [-0.1, -0.05) is 24.6 Å². The van der Waals surface area contributed by atoms with Gasteiger partial charge >= 0.3 is 0 Å². The molecule has 0 amide bonds. The first-order valence-corrected chi connectivity index (χ1v) is 9.42. The van der Waals surface area contributed by atoms with E-state index in [1.165, 1.54) is 24.8 Å². The van der Waals surface area contributed by atoms with Crippen molar-refractivity contribution in [1.82, 2.24) is 5.32 Å². The summed E-state index contributed by atoms with van der Waals surface area (Å²) in [5.74, 6) is 0.882. The molecular formula is C16H21NO3S. The molecule has 1 aliphatic heterocycles. The largest absolute Gasteiger partial charge is 0.312 e. The van der Waals surface area contributed by atoms with Crippen LogP contribution in [-0.2, 0) is 9.84 Å². The van der Waals surface area contributed by atoms with Gasteiger partial charge in [0.1, 0.15) is 0 Å². The van der Waals surface area contributed by atoms with E-state index in [9.17, 15) is 13.2 Å². The van der Waals surface area contributed by atoms with Gasteiger partial charge in [-0.05, 0) is 30.4 Å². The number of ketones is 1. The first-order chi connectivity index (χ1) is 10.0. The van der Waals surface area contributed by atoms with E-state index in [-0.39, 0.29) is 29.8 Å². The predicted molar refractivity (Wildman–Crippen MR) is 82.4 cm³/mol. The number of Topliss-reactive ketones (excluding diaryl/α,β-unsaturated/α-hetero) is 1.